The maximum atomic E-state index is 6.15. The highest BCUT2D eigenvalue weighted by molar-refractivity contribution is 7.09. The Morgan fingerprint density at radius 2 is 2.20 bits per heavy atom. The average Bonchev–Trinajstić information content (AvgIpc) is 3.11. The molecule has 0 amide bonds. The number of aromatic nitrogens is 2. The number of alkyl halides is 1. The molecule has 20 heavy (non-hydrogen) atoms. The predicted octanol–water partition coefficient (Wildman–Crippen LogP) is 4.16. The SMILES string of the molecule is CCN(Cc1cccs1)c1nc2ccccn2c1CCl. The molecule has 0 spiro atoms. The molecule has 3 aromatic rings. The van der Waals surface area contributed by atoms with Gasteiger partial charge in [-0.25, -0.2) is 4.98 Å². The van der Waals surface area contributed by atoms with Gasteiger partial charge in [-0.2, -0.15) is 0 Å². The molecule has 5 heteroatoms. The molecule has 0 aliphatic heterocycles. The van der Waals surface area contributed by atoms with Gasteiger partial charge in [-0.05, 0) is 30.5 Å². The molecule has 0 aliphatic carbocycles. The molecular weight excluding hydrogens is 290 g/mol. The smallest absolute Gasteiger partial charge is 0.152 e. The maximum Gasteiger partial charge on any atom is 0.152 e. The number of anilines is 1. The van der Waals surface area contributed by atoms with Gasteiger partial charge in [0, 0.05) is 17.6 Å². The quantitative estimate of drug-likeness (QED) is 0.660. The highest BCUT2D eigenvalue weighted by Gasteiger charge is 2.16. The third kappa shape index (κ3) is 2.41. The molecule has 0 N–H and O–H groups in total. The minimum Gasteiger partial charge on any atom is -0.350 e. The molecule has 0 fully saturated rings. The number of pyridine rings is 1. The summed E-state index contributed by atoms with van der Waals surface area (Å²) in [4.78, 5) is 8.36. The van der Waals surface area contributed by atoms with E-state index in [1.807, 2.05) is 24.4 Å². The van der Waals surface area contributed by atoms with E-state index < -0.39 is 0 Å². The Morgan fingerprint density at radius 1 is 1.30 bits per heavy atom. The van der Waals surface area contributed by atoms with Crippen LogP contribution in [0.5, 0.6) is 0 Å². The summed E-state index contributed by atoms with van der Waals surface area (Å²) in [5.74, 6) is 1.45. The van der Waals surface area contributed by atoms with Gasteiger partial charge in [-0.15, -0.1) is 22.9 Å². The van der Waals surface area contributed by atoms with Crippen molar-refractivity contribution in [1.82, 2.24) is 9.38 Å². The number of halogens is 1. The molecule has 3 heterocycles. The lowest BCUT2D eigenvalue weighted by molar-refractivity contribution is 0.821. The Balaban J connectivity index is 2.02. The van der Waals surface area contributed by atoms with Crippen LogP contribution in [0.3, 0.4) is 0 Å². The summed E-state index contributed by atoms with van der Waals surface area (Å²) in [6.07, 6.45) is 2.02. The van der Waals surface area contributed by atoms with Crippen LogP contribution in [0.1, 0.15) is 17.5 Å². The molecule has 0 radical (unpaired) electrons. The minimum absolute atomic E-state index is 0.460. The molecular formula is C15H16ClN3S. The number of nitrogens with zero attached hydrogens (tertiary/aromatic N) is 3. The molecule has 3 aromatic heterocycles. The van der Waals surface area contributed by atoms with E-state index in [0.29, 0.717) is 5.88 Å². The topological polar surface area (TPSA) is 20.5 Å². The highest BCUT2D eigenvalue weighted by Crippen LogP contribution is 2.25. The van der Waals surface area contributed by atoms with Crippen LogP contribution < -0.4 is 4.90 Å². The van der Waals surface area contributed by atoms with E-state index in [2.05, 4.69) is 33.7 Å². The maximum absolute atomic E-state index is 6.15. The van der Waals surface area contributed by atoms with E-state index in [1.165, 1.54) is 4.88 Å². The van der Waals surface area contributed by atoms with Crippen molar-refractivity contribution in [3.05, 3.63) is 52.5 Å². The fourth-order valence-electron chi connectivity index (χ4n) is 2.34. The molecule has 104 valence electrons. The summed E-state index contributed by atoms with van der Waals surface area (Å²) in [5.41, 5.74) is 2.00. The molecule has 0 saturated heterocycles. The molecule has 0 atom stereocenters. The third-order valence-corrected chi connectivity index (χ3v) is 4.46. The van der Waals surface area contributed by atoms with Crippen LogP contribution >= 0.6 is 22.9 Å². The number of imidazole rings is 1. The first-order valence-corrected chi connectivity index (χ1v) is 8.04. The second-order valence-corrected chi connectivity index (χ2v) is 5.84. The molecule has 0 unspecified atom stereocenters. The van der Waals surface area contributed by atoms with E-state index in [9.17, 15) is 0 Å². The van der Waals surface area contributed by atoms with Crippen LogP contribution in [0, 0.1) is 0 Å². The molecule has 3 nitrogen and oxygen atoms in total. The standard InChI is InChI=1S/C15H16ClN3S/c1-2-18(11-12-6-5-9-20-12)15-13(10-16)19-8-4-3-7-14(19)17-15/h3-9H,2,10-11H2,1H3. The molecule has 3 rings (SSSR count). The number of fused-ring (bicyclic) bond motifs is 1. The van der Waals surface area contributed by atoms with Crippen LogP contribution in [0.2, 0.25) is 0 Å². The summed E-state index contributed by atoms with van der Waals surface area (Å²) in [5, 5.41) is 2.11. The Labute approximate surface area is 127 Å². The summed E-state index contributed by atoms with van der Waals surface area (Å²) in [6, 6.07) is 10.3. The lowest BCUT2D eigenvalue weighted by Crippen LogP contribution is -2.23. The van der Waals surface area contributed by atoms with Crippen molar-refractivity contribution in [2.45, 2.75) is 19.3 Å². The summed E-state index contributed by atoms with van der Waals surface area (Å²) < 4.78 is 2.07. The highest BCUT2D eigenvalue weighted by atomic mass is 35.5. The van der Waals surface area contributed by atoms with Gasteiger partial charge in [0.15, 0.2) is 5.82 Å². The van der Waals surface area contributed by atoms with Gasteiger partial charge in [-0.3, -0.25) is 0 Å². The van der Waals surface area contributed by atoms with Crippen LogP contribution in [-0.2, 0) is 12.4 Å². The number of thiophene rings is 1. The van der Waals surface area contributed by atoms with Gasteiger partial charge in [0.25, 0.3) is 0 Å². The number of hydrogen-bond donors (Lipinski definition) is 0. The van der Waals surface area contributed by atoms with Crippen molar-refractivity contribution in [2.24, 2.45) is 0 Å². The summed E-state index contributed by atoms with van der Waals surface area (Å²) >= 11 is 7.92. The Bertz CT molecular complexity index is 690. The Morgan fingerprint density at radius 3 is 2.90 bits per heavy atom. The monoisotopic (exact) mass is 305 g/mol. The fraction of sp³-hybridized carbons (Fsp3) is 0.267. The average molecular weight is 306 g/mol. The van der Waals surface area contributed by atoms with Crippen LogP contribution in [0.15, 0.2) is 41.9 Å². The van der Waals surface area contributed by atoms with Crippen molar-refractivity contribution < 1.29 is 0 Å². The van der Waals surface area contributed by atoms with Crippen molar-refractivity contribution >= 4 is 34.4 Å². The van der Waals surface area contributed by atoms with Gasteiger partial charge >= 0.3 is 0 Å². The fourth-order valence-corrected chi connectivity index (χ4v) is 3.31. The summed E-state index contributed by atoms with van der Waals surface area (Å²) in [6.45, 7) is 3.93. The number of rotatable bonds is 5. The minimum atomic E-state index is 0.460. The van der Waals surface area contributed by atoms with Gasteiger partial charge < -0.3 is 9.30 Å². The first-order valence-electron chi connectivity index (χ1n) is 6.62. The van der Waals surface area contributed by atoms with E-state index >= 15 is 0 Å². The van der Waals surface area contributed by atoms with E-state index in [-0.39, 0.29) is 0 Å². The van der Waals surface area contributed by atoms with E-state index in [1.54, 1.807) is 11.3 Å². The molecule has 0 aliphatic rings. The normalized spacial score (nSPS) is 11.1. The lowest BCUT2D eigenvalue weighted by Gasteiger charge is -2.20. The zero-order valence-corrected chi connectivity index (χ0v) is 12.9. The third-order valence-electron chi connectivity index (χ3n) is 3.34. The first kappa shape index (κ1) is 13.5. The Hall–Kier alpha value is -1.52. The van der Waals surface area contributed by atoms with Crippen LogP contribution in [0.4, 0.5) is 5.82 Å². The molecule has 0 bridgehead atoms. The first-order chi connectivity index (χ1) is 9.83. The van der Waals surface area contributed by atoms with Crippen LogP contribution in [-0.4, -0.2) is 15.9 Å². The molecule has 0 aromatic carbocycles. The summed E-state index contributed by atoms with van der Waals surface area (Å²) in [7, 11) is 0. The zero-order valence-electron chi connectivity index (χ0n) is 11.3. The predicted molar refractivity (Wildman–Crippen MR) is 85.8 cm³/mol. The van der Waals surface area contributed by atoms with Crippen molar-refractivity contribution in [1.29, 1.82) is 0 Å². The van der Waals surface area contributed by atoms with Crippen molar-refractivity contribution in [3.63, 3.8) is 0 Å². The van der Waals surface area contributed by atoms with Gasteiger partial charge in [-0.1, -0.05) is 12.1 Å². The van der Waals surface area contributed by atoms with Gasteiger partial charge in [0.1, 0.15) is 5.65 Å². The second-order valence-electron chi connectivity index (χ2n) is 4.54. The van der Waals surface area contributed by atoms with Crippen molar-refractivity contribution in [3.8, 4) is 0 Å². The second kappa shape index (κ2) is 5.85. The van der Waals surface area contributed by atoms with E-state index in [4.69, 9.17) is 16.6 Å². The van der Waals surface area contributed by atoms with Gasteiger partial charge in [0.05, 0.1) is 18.1 Å². The zero-order chi connectivity index (χ0) is 13.9. The molecule has 0 saturated carbocycles. The number of hydrogen-bond acceptors (Lipinski definition) is 3. The van der Waals surface area contributed by atoms with E-state index in [0.717, 1.165) is 30.2 Å². The van der Waals surface area contributed by atoms with Crippen LogP contribution in [0.25, 0.3) is 5.65 Å². The Kier molecular flexibility index (Phi) is 3.94. The van der Waals surface area contributed by atoms with Gasteiger partial charge in [0.2, 0.25) is 0 Å². The largest absolute Gasteiger partial charge is 0.350 e. The van der Waals surface area contributed by atoms with Crippen molar-refractivity contribution in [2.75, 3.05) is 11.4 Å². The lowest BCUT2D eigenvalue weighted by atomic mass is 10.3.